The summed E-state index contributed by atoms with van der Waals surface area (Å²) in [5.74, 6) is 1.89. The largest absolute Gasteiger partial charge is 0.493 e. The summed E-state index contributed by atoms with van der Waals surface area (Å²) in [6.07, 6.45) is 7.08. The number of aromatic nitrogens is 2. The fourth-order valence-corrected chi connectivity index (χ4v) is 3.08. The van der Waals surface area contributed by atoms with Gasteiger partial charge >= 0.3 is 0 Å². The average molecular weight is 329 g/mol. The molecule has 1 aromatic carbocycles. The molecule has 2 aromatic rings. The van der Waals surface area contributed by atoms with Gasteiger partial charge in [0.15, 0.2) is 0 Å². The number of likely N-dealkylation sites (tertiary alicyclic amines) is 1. The Morgan fingerprint density at radius 1 is 1.21 bits per heavy atom. The lowest BCUT2D eigenvalue weighted by Gasteiger charge is -2.32. The normalized spacial score (nSPS) is 18.5. The molecule has 1 fully saturated rings. The SMILES string of the molecule is CCc1ncc(CN2CCC[C@@H](COc3ccc(F)cc3)C2)cn1. The van der Waals surface area contributed by atoms with Crippen LogP contribution in [0.25, 0.3) is 0 Å². The molecule has 0 saturated carbocycles. The molecule has 1 atom stereocenters. The summed E-state index contributed by atoms with van der Waals surface area (Å²) in [7, 11) is 0. The number of nitrogens with zero attached hydrogens (tertiary/aromatic N) is 3. The van der Waals surface area contributed by atoms with E-state index in [9.17, 15) is 4.39 Å². The van der Waals surface area contributed by atoms with Crippen molar-refractivity contribution in [3.63, 3.8) is 0 Å². The Morgan fingerprint density at radius 2 is 1.96 bits per heavy atom. The number of piperidine rings is 1. The summed E-state index contributed by atoms with van der Waals surface area (Å²) < 4.78 is 18.7. The van der Waals surface area contributed by atoms with Crippen LogP contribution in [-0.4, -0.2) is 34.6 Å². The molecule has 1 saturated heterocycles. The molecule has 0 aliphatic carbocycles. The van der Waals surface area contributed by atoms with E-state index in [0.717, 1.165) is 43.2 Å². The second kappa shape index (κ2) is 8.20. The van der Waals surface area contributed by atoms with Gasteiger partial charge in [0.05, 0.1) is 6.61 Å². The lowest BCUT2D eigenvalue weighted by molar-refractivity contribution is 0.125. The van der Waals surface area contributed by atoms with Crippen molar-refractivity contribution in [2.75, 3.05) is 19.7 Å². The van der Waals surface area contributed by atoms with Crippen LogP contribution in [0.3, 0.4) is 0 Å². The highest BCUT2D eigenvalue weighted by atomic mass is 19.1. The van der Waals surface area contributed by atoms with Gasteiger partial charge in [-0.05, 0) is 43.7 Å². The van der Waals surface area contributed by atoms with Crippen LogP contribution in [-0.2, 0) is 13.0 Å². The van der Waals surface area contributed by atoms with Gasteiger partial charge in [-0.1, -0.05) is 6.92 Å². The van der Waals surface area contributed by atoms with Gasteiger partial charge in [-0.2, -0.15) is 0 Å². The van der Waals surface area contributed by atoms with Crippen LogP contribution in [0, 0.1) is 11.7 Å². The predicted molar refractivity (Wildman–Crippen MR) is 91.3 cm³/mol. The van der Waals surface area contributed by atoms with Gasteiger partial charge < -0.3 is 4.74 Å². The van der Waals surface area contributed by atoms with Crippen LogP contribution in [0.2, 0.25) is 0 Å². The van der Waals surface area contributed by atoms with Gasteiger partial charge in [-0.25, -0.2) is 14.4 Å². The first-order valence-corrected chi connectivity index (χ1v) is 8.63. The molecule has 5 heteroatoms. The number of rotatable bonds is 6. The van der Waals surface area contributed by atoms with E-state index in [1.165, 1.54) is 25.0 Å². The highest BCUT2D eigenvalue weighted by Crippen LogP contribution is 2.20. The van der Waals surface area contributed by atoms with E-state index < -0.39 is 0 Å². The molecular weight excluding hydrogens is 305 g/mol. The summed E-state index contributed by atoms with van der Waals surface area (Å²) in [5.41, 5.74) is 1.16. The number of aryl methyl sites for hydroxylation is 1. The summed E-state index contributed by atoms with van der Waals surface area (Å²) in [6.45, 7) is 5.73. The molecule has 4 nitrogen and oxygen atoms in total. The second-order valence-corrected chi connectivity index (χ2v) is 6.37. The minimum Gasteiger partial charge on any atom is -0.493 e. The fraction of sp³-hybridized carbons (Fsp3) is 0.474. The van der Waals surface area contributed by atoms with Crippen molar-refractivity contribution in [3.8, 4) is 5.75 Å². The third kappa shape index (κ3) is 4.74. The zero-order valence-electron chi connectivity index (χ0n) is 14.1. The second-order valence-electron chi connectivity index (χ2n) is 6.37. The van der Waals surface area contributed by atoms with Gasteiger partial charge in [0.2, 0.25) is 0 Å². The number of ether oxygens (including phenoxy) is 1. The van der Waals surface area contributed by atoms with Crippen molar-refractivity contribution >= 4 is 0 Å². The van der Waals surface area contributed by atoms with Gasteiger partial charge in [0, 0.05) is 43.4 Å². The molecule has 24 heavy (non-hydrogen) atoms. The third-order valence-corrected chi connectivity index (χ3v) is 4.38. The first-order valence-electron chi connectivity index (χ1n) is 8.63. The molecule has 3 rings (SSSR count). The van der Waals surface area contributed by atoms with Crippen LogP contribution in [0.1, 0.15) is 31.2 Å². The highest BCUT2D eigenvalue weighted by molar-refractivity contribution is 5.22. The molecule has 1 aliphatic heterocycles. The number of hydrogen-bond acceptors (Lipinski definition) is 4. The van der Waals surface area contributed by atoms with E-state index in [4.69, 9.17) is 4.74 Å². The molecule has 2 heterocycles. The van der Waals surface area contributed by atoms with Crippen LogP contribution < -0.4 is 4.74 Å². The minimum atomic E-state index is -0.234. The van der Waals surface area contributed by atoms with E-state index in [2.05, 4.69) is 21.8 Å². The topological polar surface area (TPSA) is 38.2 Å². The van der Waals surface area contributed by atoms with Crippen LogP contribution in [0.4, 0.5) is 4.39 Å². The Labute approximate surface area is 142 Å². The Hall–Kier alpha value is -2.01. The molecule has 0 unspecified atom stereocenters. The zero-order chi connectivity index (χ0) is 16.8. The van der Waals surface area contributed by atoms with Crippen molar-refractivity contribution in [2.24, 2.45) is 5.92 Å². The van der Waals surface area contributed by atoms with Gasteiger partial charge in [0.1, 0.15) is 17.4 Å². The molecule has 128 valence electrons. The van der Waals surface area contributed by atoms with Crippen LogP contribution in [0.5, 0.6) is 5.75 Å². The van der Waals surface area contributed by atoms with Crippen LogP contribution in [0.15, 0.2) is 36.7 Å². The first-order chi connectivity index (χ1) is 11.7. The highest BCUT2D eigenvalue weighted by Gasteiger charge is 2.20. The molecule has 0 spiro atoms. The standard InChI is InChI=1S/C19H24FN3O/c1-2-19-21-10-16(11-22-19)13-23-9-3-4-15(12-23)14-24-18-7-5-17(20)6-8-18/h5-8,10-11,15H,2-4,9,12-14H2,1H3/t15-/m1/s1. The summed E-state index contributed by atoms with van der Waals surface area (Å²) >= 11 is 0. The average Bonchev–Trinajstić information content (AvgIpc) is 2.62. The number of hydrogen-bond donors (Lipinski definition) is 0. The maximum absolute atomic E-state index is 12.9. The lowest BCUT2D eigenvalue weighted by Crippen LogP contribution is -2.37. The van der Waals surface area contributed by atoms with E-state index in [0.29, 0.717) is 12.5 Å². The van der Waals surface area contributed by atoms with E-state index in [1.807, 2.05) is 12.4 Å². The summed E-state index contributed by atoms with van der Waals surface area (Å²) in [5, 5.41) is 0. The maximum atomic E-state index is 12.9. The van der Waals surface area contributed by atoms with Gasteiger partial charge in [-0.15, -0.1) is 0 Å². The smallest absolute Gasteiger partial charge is 0.127 e. The van der Waals surface area contributed by atoms with E-state index >= 15 is 0 Å². The third-order valence-electron chi connectivity index (χ3n) is 4.38. The monoisotopic (exact) mass is 329 g/mol. The molecule has 0 N–H and O–H groups in total. The molecule has 0 amide bonds. The number of halogens is 1. The summed E-state index contributed by atoms with van der Waals surface area (Å²) in [6, 6.07) is 6.23. The van der Waals surface area contributed by atoms with Crippen molar-refractivity contribution in [1.29, 1.82) is 0 Å². The van der Waals surface area contributed by atoms with Crippen molar-refractivity contribution in [3.05, 3.63) is 53.9 Å². The van der Waals surface area contributed by atoms with E-state index in [1.54, 1.807) is 12.1 Å². The molecular formula is C19H24FN3O. The van der Waals surface area contributed by atoms with Gasteiger partial charge in [-0.3, -0.25) is 4.90 Å². The molecule has 1 aliphatic rings. The Balaban J connectivity index is 1.49. The zero-order valence-corrected chi connectivity index (χ0v) is 14.1. The van der Waals surface area contributed by atoms with Crippen LogP contribution >= 0.6 is 0 Å². The Kier molecular flexibility index (Phi) is 5.75. The summed E-state index contributed by atoms with van der Waals surface area (Å²) in [4.78, 5) is 11.2. The Morgan fingerprint density at radius 3 is 2.67 bits per heavy atom. The Bertz CT molecular complexity index is 630. The molecule has 0 radical (unpaired) electrons. The lowest BCUT2D eigenvalue weighted by atomic mass is 9.98. The maximum Gasteiger partial charge on any atom is 0.127 e. The van der Waals surface area contributed by atoms with Gasteiger partial charge in [0.25, 0.3) is 0 Å². The molecule has 1 aromatic heterocycles. The minimum absolute atomic E-state index is 0.234. The first kappa shape index (κ1) is 16.8. The fourth-order valence-electron chi connectivity index (χ4n) is 3.08. The number of benzene rings is 1. The van der Waals surface area contributed by atoms with E-state index in [-0.39, 0.29) is 5.82 Å². The quantitative estimate of drug-likeness (QED) is 0.813. The van der Waals surface area contributed by atoms with Crippen molar-refractivity contribution in [2.45, 2.75) is 32.7 Å². The van der Waals surface area contributed by atoms with Crippen molar-refractivity contribution < 1.29 is 9.13 Å². The van der Waals surface area contributed by atoms with Crippen molar-refractivity contribution in [1.82, 2.24) is 14.9 Å². The predicted octanol–water partition coefficient (Wildman–Crippen LogP) is 3.47. The molecule has 0 bridgehead atoms.